The maximum absolute atomic E-state index is 2.57. The second kappa shape index (κ2) is 14.1. The van der Waals surface area contributed by atoms with Crippen molar-refractivity contribution in [1.29, 1.82) is 0 Å². The molecule has 0 bridgehead atoms. The van der Waals surface area contributed by atoms with Crippen LogP contribution in [0.5, 0.6) is 0 Å². The Morgan fingerprint density at radius 3 is 1.46 bits per heavy atom. The van der Waals surface area contributed by atoms with Gasteiger partial charge in [0.05, 0.1) is 11.1 Å². The van der Waals surface area contributed by atoms with Crippen LogP contribution in [0.3, 0.4) is 0 Å². The van der Waals surface area contributed by atoms with Crippen LogP contribution in [0.4, 0.5) is 17.1 Å². The Labute approximate surface area is 350 Å². The predicted octanol–water partition coefficient (Wildman–Crippen LogP) is 15.5. The Morgan fingerprint density at radius 2 is 0.847 bits per heavy atom. The summed E-state index contributed by atoms with van der Waals surface area (Å²) in [5.41, 5.74) is 19.9. The zero-order chi connectivity index (χ0) is 40.4. The molecule has 0 unspecified atom stereocenters. The first-order chi connectivity index (χ1) is 28.7. The third kappa shape index (κ3) is 5.98. The molecule has 0 saturated heterocycles. The molecule has 59 heavy (non-hydrogen) atoms. The maximum atomic E-state index is 2.57. The first-order valence-electron chi connectivity index (χ1n) is 21.2. The van der Waals surface area contributed by atoms with Crippen molar-refractivity contribution < 1.29 is 0 Å². The van der Waals surface area contributed by atoms with E-state index in [1.54, 1.807) is 0 Å². The average molecular weight is 762 g/mol. The van der Waals surface area contributed by atoms with Gasteiger partial charge in [-0.25, -0.2) is 0 Å². The lowest BCUT2D eigenvalue weighted by Gasteiger charge is -2.43. The Kier molecular flexibility index (Phi) is 8.83. The van der Waals surface area contributed by atoms with Crippen LogP contribution in [0.25, 0.3) is 33.4 Å². The highest BCUT2D eigenvalue weighted by molar-refractivity contribution is 5.97. The Bertz CT molecular complexity index is 2760. The van der Waals surface area contributed by atoms with Crippen LogP contribution in [-0.4, -0.2) is 0 Å². The number of aryl methyl sites for hydroxylation is 1. The Balaban J connectivity index is 1.32. The summed E-state index contributed by atoms with van der Waals surface area (Å²) in [7, 11) is 0. The van der Waals surface area contributed by atoms with E-state index >= 15 is 0 Å². The summed E-state index contributed by atoms with van der Waals surface area (Å²) in [6.45, 7) is 12.1. The first kappa shape index (κ1) is 36.9. The molecule has 0 atom stereocenters. The van der Waals surface area contributed by atoms with Gasteiger partial charge in [0.2, 0.25) is 0 Å². The molecule has 8 aromatic rings. The highest BCUT2D eigenvalue weighted by atomic mass is 15.1. The van der Waals surface area contributed by atoms with Gasteiger partial charge in [0.15, 0.2) is 0 Å². The number of hydrogen-bond donors (Lipinski definition) is 0. The second-order valence-electron chi connectivity index (χ2n) is 18.0. The molecule has 10 rings (SSSR count). The van der Waals surface area contributed by atoms with Crippen molar-refractivity contribution in [2.45, 2.75) is 63.7 Å². The van der Waals surface area contributed by atoms with Crippen molar-refractivity contribution in [1.82, 2.24) is 0 Å². The smallest absolute Gasteiger partial charge is 0.0714 e. The van der Waals surface area contributed by atoms with E-state index in [0.717, 1.165) is 12.1 Å². The molecule has 288 valence electrons. The molecule has 0 heterocycles. The lowest BCUT2D eigenvalue weighted by atomic mass is 9.63. The van der Waals surface area contributed by atoms with E-state index in [1.807, 2.05) is 0 Å². The van der Waals surface area contributed by atoms with Gasteiger partial charge in [-0.2, -0.15) is 0 Å². The summed E-state index contributed by atoms with van der Waals surface area (Å²) >= 11 is 0. The van der Waals surface area contributed by atoms with Gasteiger partial charge >= 0.3 is 0 Å². The molecule has 1 nitrogen and oxygen atoms in total. The lowest BCUT2D eigenvalue weighted by Crippen LogP contribution is -2.34. The van der Waals surface area contributed by atoms with Crippen LogP contribution in [0.15, 0.2) is 194 Å². The molecular formula is C58H51N. The Hall–Kier alpha value is -6.44. The predicted molar refractivity (Wildman–Crippen MR) is 249 cm³/mol. The van der Waals surface area contributed by atoms with Crippen molar-refractivity contribution in [3.05, 3.63) is 233 Å². The quantitative estimate of drug-likeness (QED) is 0.156. The fourth-order valence-electron chi connectivity index (χ4n) is 10.3. The van der Waals surface area contributed by atoms with E-state index in [9.17, 15) is 0 Å². The minimum absolute atomic E-state index is 0.0567. The van der Waals surface area contributed by atoms with Crippen LogP contribution in [-0.2, 0) is 16.2 Å². The largest absolute Gasteiger partial charge is 0.310 e. The van der Waals surface area contributed by atoms with Crippen LogP contribution in [0, 0.1) is 6.92 Å². The van der Waals surface area contributed by atoms with E-state index in [2.05, 4.69) is 234 Å². The highest BCUT2D eigenvalue weighted by Gasteiger charge is 2.47. The molecule has 1 heteroatoms. The molecule has 8 aromatic carbocycles. The zero-order valence-corrected chi connectivity index (χ0v) is 34.8. The molecule has 0 saturated carbocycles. The lowest BCUT2D eigenvalue weighted by molar-refractivity contribution is 0.332. The third-order valence-corrected chi connectivity index (χ3v) is 13.5. The molecule has 0 spiro atoms. The summed E-state index contributed by atoms with van der Waals surface area (Å²) in [5.74, 6) is 0. The highest BCUT2D eigenvalue weighted by Crippen LogP contribution is 2.59. The van der Waals surface area contributed by atoms with E-state index in [0.29, 0.717) is 0 Å². The van der Waals surface area contributed by atoms with Crippen molar-refractivity contribution >= 4 is 17.1 Å². The van der Waals surface area contributed by atoms with E-state index in [-0.39, 0.29) is 10.8 Å². The van der Waals surface area contributed by atoms with Gasteiger partial charge in [-0.1, -0.05) is 191 Å². The van der Waals surface area contributed by atoms with Crippen molar-refractivity contribution in [3.63, 3.8) is 0 Å². The first-order valence-corrected chi connectivity index (χ1v) is 21.2. The van der Waals surface area contributed by atoms with Gasteiger partial charge in [-0.3, -0.25) is 0 Å². The Morgan fingerprint density at radius 1 is 0.373 bits per heavy atom. The van der Waals surface area contributed by atoms with Crippen molar-refractivity contribution in [2.24, 2.45) is 0 Å². The van der Waals surface area contributed by atoms with Gasteiger partial charge in [0, 0.05) is 16.9 Å². The summed E-state index contributed by atoms with van der Waals surface area (Å²) < 4.78 is 0. The van der Waals surface area contributed by atoms with Crippen LogP contribution in [0.1, 0.15) is 79.5 Å². The minimum atomic E-state index is -0.530. The monoisotopic (exact) mass is 761 g/mol. The fourth-order valence-corrected chi connectivity index (χ4v) is 10.3. The van der Waals surface area contributed by atoms with Crippen molar-refractivity contribution in [3.8, 4) is 33.4 Å². The molecule has 2 aliphatic carbocycles. The van der Waals surface area contributed by atoms with Crippen LogP contribution < -0.4 is 4.90 Å². The number of benzene rings is 8. The summed E-state index contributed by atoms with van der Waals surface area (Å²) in [4.78, 5) is 2.57. The molecule has 0 N–H and O–H groups in total. The van der Waals surface area contributed by atoms with Gasteiger partial charge in [0.1, 0.15) is 0 Å². The molecule has 0 fully saturated rings. The SMILES string of the molecule is Cc1cc2c(cc1N(c1ccccc1)c1cc3c(cc1-c1ccc(-c4ccccc4)cc1)-c1ccccc1C3(c1ccccc1)c1ccccc1)C(C)(C)CCC2(C)C. The molecule has 2 aliphatic rings. The normalized spacial score (nSPS) is 15.5. The zero-order valence-electron chi connectivity index (χ0n) is 34.8. The summed E-state index contributed by atoms with van der Waals surface area (Å²) in [5, 5.41) is 0. The number of para-hydroxylation sites is 1. The minimum Gasteiger partial charge on any atom is -0.310 e. The fraction of sp³-hybridized carbons (Fsp3) is 0.172. The number of rotatable bonds is 7. The number of anilines is 3. The number of fused-ring (bicyclic) bond motifs is 4. The van der Waals surface area contributed by atoms with Gasteiger partial charge in [-0.15, -0.1) is 0 Å². The molecular weight excluding hydrogens is 711 g/mol. The summed E-state index contributed by atoms with van der Waals surface area (Å²) in [6.07, 6.45) is 2.34. The van der Waals surface area contributed by atoms with E-state index < -0.39 is 5.41 Å². The van der Waals surface area contributed by atoms with E-state index in [1.165, 1.54) is 90.1 Å². The van der Waals surface area contributed by atoms with Crippen LogP contribution in [0.2, 0.25) is 0 Å². The third-order valence-electron chi connectivity index (χ3n) is 13.5. The van der Waals surface area contributed by atoms with E-state index in [4.69, 9.17) is 0 Å². The summed E-state index contributed by atoms with van der Waals surface area (Å²) in [6, 6.07) is 72.5. The van der Waals surface area contributed by atoms with Crippen molar-refractivity contribution in [2.75, 3.05) is 4.90 Å². The van der Waals surface area contributed by atoms with Gasteiger partial charge < -0.3 is 4.90 Å². The number of nitrogens with zero attached hydrogens (tertiary/aromatic N) is 1. The number of hydrogen-bond acceptors (Lipinski definition) is 1. The average Bonchev–Trinajstić information content (AvgIpc) is 3.57. The van der Waals surface area contributed by atoms with Gasteiger partial charge in [0.25, 0.3) is 0 Å². The standard InChI is InChI=1S/C58H51N/c1-40-36-52-53(57(4,5)35-34-56(52,2)3)39-54(40)59(46-26-16-9-17-27-46)55-38-51-49(37-48(55)43-32-30-42(31-33-43)41-20-10-6-11-21-41)47-28-18-19-29-50(47)58(51,44-22-12-7-13-23-44)45-24-14-8-15-25-45/h6-33,36-39H,34-35H2,1-5H3. The molecule has 0 radical (unpaired) electrons. The second-order valence-corrected chi connectivity index (χ2v) is 18.0. The van der Waals surface area contributed by atoms with Crippen LogP contribution >= 0.6 is 0 Å². The molecule has 0 amide bonds. The molecule has 0 aromatic heterocycles. The maximum Gasteiger partial charge on any atom is 0.0714 e. The molecule has 0 aliphatic heterocycles. The topological polar surface area (TPSA) is 3.24 Å². The van der Waals surface area contributed by atoms with Gasteiger partial charge in [-0.05, 0) is 128 Å².